The van der Waals surface area contributed by atoms with E-state index in [2.05, 4.69) is 15.3 Å². The zero-order valence-electron chi connectivity index (χ0n) is 12.0. The zero-order valence-corrected chi connectivity index (χ0v) is 13.7. The third-order valence-electron chi connectivity index (χ3n) is 2.15. The van der Waals surface area contributed by atoms with Gasteiger partial charge in [0.15, 0.2) is 0 Å². The van der Waals surface area contributed by atoms with E-state index < -0.39 is 15.9 Å². The Kier molecular flexibility index (Phi) is 7.43. The van der Waals surface area contributed by atoms with E-state index in [1.165, 1.54) is 25.1 Å². The van der Waals surface area contributed by atoms with Gasteiger partial charge in [0.25, 0.3) is 0 Å². The fourth-order valence-electron chi connectivity index (χ4n) is 0.901. The molecule has 112 valence electrons. The van der Waals surface area contributed by atoms with Crippen molar-refractivity contribution in [3.63, 3.8) is 0 Å². The summed E-state index contributed by atoms with van der Waals surface area (Å²) in [4.78, 5) is 15.7. The molecule has 0 saturated carbocycles. The molecule has 0 rings (SSSR count). The summed E-state index contributed by atoms with van der Waals surface area (Å²) in [6.45, 7) is 5.86. The van der Waals surface area contributed by atoms with Crippen LogP contribution >= 0.6 is 11.8 Å². The summed E-state index contributed by atoms with van der Waals surface area (Å²) in [5.74, 6) is 1.15. The predicted molar refractivity (Wildman–Crippen MR) is 79.5 cm³/mol. The Hall–Kier alpha value is -0.760. The van der Waals surface area contributed by atoms with Crippen LogP contribution < -0.4 is 5.32 Å². The van der Waals surface area contributed by atoms with Gasteiger partial charge < -0.3 is 5.32 Å². The van der Waals surface area contributed by atoms with Crippen LogP contribution in [0.2, 0.25) is 0 Å². The lowest BCUT2D eigenvalue weighted by Gasteiger charge is -2.20. The number of rotatable bonds is 6. The van der Waals surface area contributed by atoms with Crippen LogP contribution in [0.25, 0.3) is 0 Å². The van der Waals surface area contributed by atoms with Crippen LogP contribution in [0.1, 0.15) is 20.8 Å². The number of oxime groups is 1. The molecule has 0 aromatic rings. The van der Waals surface area contributed by atoms with Crippen LogP contribution in [-0.4, -0.2) is 50.8 Å². The number of sulfone groups is 1. The first-order valence-electron chi connectivity index (χ1n) is 5.78. The minimum atomic E-state index is -2.94. The lowest BCUT2D eigenvalue weighted by atomic mass is 9.91. The van der Waals surface area contributed by atoms with Gasteiger partial charge in [-0.3, -0.25) is 4.84 Å². The van der Waals surface area contributed by atoms with Gasteiger partial charge in [-0.25, -0.2) is 13.2 Å². The van der Waals surface area contributed by atoms with Crippen molar-refractivity contribution in [2.75, 3.05) is 30.6 Å². The van der Waals surface area contributed by atoms with Crippen LogP contribution in [-0.2, 0) is 14.7 Å². The molecule has 1 amide bonds. The van der Waals surface area contributed by atoms with E-state index in [1.807, 2.05) is 20.8 Å². The van der Waals surface area contributed by atoms with Gasteiger partial charge in [0, 0.05) is 30.2 Å². The molecular formula is C11H22N2O4S2. The Bertz CT molecular complexity index is 424. The van der Waals surface area contributed by atoms with E-state index in [-0.39, 0.29) is 11.2 Å². The molecule has 0 spiro atoms. The Morgan fingerprint density at radius 3 is 2.37 bits per heavy atom. The monoisotopic (exact) mass is 310 g/mol. The van der Waals surface area contributed by atoms with Crippen LogP contribution in [0.5, 0.6) is 0 Å². The first kappa shape index (κ1) is 18.2. The van der Waals surface area contributed by atoms with Gasteiger partial charge in [0.05, 0.1) is 11.5 Å². The van der Waals surface area contributed by atoms with Crippen LogP contribution in [0.15, 0.2) is 5.16 Å². The Morgan fingerprint density at radius 1 is 1.37 bits per heavy atom. The molecule has 0 aliphatic heterocycles. The molecule has 19 heavy (non-hydrogen) atoms. The molecule has 0 saturated heterocycles. The molecule has 6 nitrogen and oxygen atoms in total. The van der Waals surface area contributed by atoms with Crippen molar-refractivity contribution in [1.29, 1.82) is 0 Å². The average molecular weight is 310 g/mol. The van der Waals surface area contributed by atoms with E-state index in [9.17, 15) is 13.2 Å². The lowest BCUT2D eigenvalue weighted by Crippen LogP contribution is -2.25. The first-order valence-corrected chi connectivity index (χ1v) is 8.99. The van der Waals surface area contributed by atoms with E-state index in [0.29, 0.717) is 17.2 Å². The summed E-state index contributed by atoms with van der Waals surface area (Å²) in [5, 5.41) is 6.14. The van der Waals surface area contributed by atoms with Gasteiger partial charge in [0.1, 0.15) is 9.84 Å². The molecule has 0 aliphatic rings. The Morgan fingerprint density at radius 2 is 1.95 bits per heavy atom. The molecule has 0 aliphatic carbocycles. The van der Waals surface area contributed by atoms with Gasteiger partial charge in [-0.15, -0.1) is 0 Å². The second kappa shape index (κ2) is 7.74. The van der Waals surface area contributed by atoms with Crippen molar-refractivity contribution in [2.24, 2.45) is 10.6 Å². The maximum atomic E-state index is 11.0. The van der Waals surface area contributed by atoms with Crippen molar-refractivity contribution in [2.45, 2.75) is 20.8 Å². The first-order chi connectivity index (χ1) is 8.56. The molecule has 0 bridgehead atoms. The molecule has 0 atom stereocenters. The SMILES string of the molecule is CNC(=O)ON=C(CSCCS(C)(=O)=O)C(C)(C)C. The highest BCUT2D eigenvalue weighted by atomic mass is 32.2. The van der Waals surface area contributed by atoms with E-state index in [4.69, 9.17) is 0 Å². The Labute approximate surface area is 119 Å². The standard InChI is InChI=1S/C11H22N2O4S2/c1-11(2,3)9(13-17-10(14)12-4)8-18-6-7-19(5,15)16/h6-8H2,1-5H3,(H,12,14). The number of carbonyl (C=O) groups excluding carboxylic acids is 1. The third kappa shape index (κ3) is 9.77. The highest BCUT2D eigenvalue weighted by Gasteiger charge is 2.20. The second-order valence-electron chi connectivity index (χ2n) is 5.10. The normalized spacial score (nSPS) is 13.2. The Balaban J connectivity index is 4.42. The molecule has 0 aromatic carbocycles. The number of amides is 1. The molecular weight excluding hydrogens is 288 g/mol. The molecule has 0 heterocycles. The van der Waals surface area contributed by atoms with Crippen molar-refractivity contribution in [3.8, 4) is 0 Å². The summed E-state index contributed by atoms with van der Waals surface area (Å²) in [6.07, 6.45) is 0.587. The van der Waals surface area contributed by atoms with Crippen molar-refractivity contribution in [1.82, 2.24) is 5.32 Å². The van der Waals surface area contributed by atoms with Gasteiger partial charge >= 0.3 is 6.09 Å². The quantitative estimate of drug-likeness (QED) is 0.348. The molecule has 0 unspecified atom stereocenters. The van der Waals surface area contributed by atoms with Crippen molar-refractivity contribution < 1.29 is 18.0 Å². The summed E-state index contributed by atoms with van der Waals surface area (Å²) in [7, 11) is -1.49. The van der Waals surface area contributed by atoms with Crippen molar-refractivity contribution in [3.05, 3.63) is 0 Å². The molecule has 0 fully saturated rings. The van der Waals surface area contributed by atoms with E-state index in [1.54, 1.807) is 0 Å². The predicted octanol–water partition coefficient (Wildman–Crippen LogP) is 1.52. The maximum Gasteiger partial charge on any atom is 0.433 e. The number of hydrogen-bond acceptors (Lipinski definition) is 6. The minimum absolute atomic E-state index is 0.130. The van der Waals surface area contributed by atoms with Gasteiger partial charge in [0.2, 0.25) is 0 Å². The molecule has 1 N–H and O–H groups in total. The summed E-state index contributed by atoms with van der Waals surface area (Å²) in [5.41, 5.74) is 0.459. The van der Waals surface area contributed by atoms with Gasteiger partial charge in [-0.05, 0) is 0 Å². The van der Waals surface area contributed by atoms with Gasteiger partial charge in [-0.2, -0.15) is 11.8 Å². The van der Waals surface area contributed by atoms with Gasteiger partial charge in [-0.1, -0.05) is 25.9 Å². The topological polar surface area (TPSA) is 84.8 Å². The summed E-state index contributed by atoms with van der Waals surface area (Å²) >= 11 is 1.45. The second-order valence-corrected chi connectivity index (χ2v) is 8.46. The van der Waals surface area contributed by atoms with E-state index in [0.717, 1.165) is 0 Å². The number of nitrogens with zero attached hydrogens (tertiary/aromatic N) is 1. The summed E-state index contributed by atoms with van der Waals surface area (Å²) in [6, 6.07) is 0. The van der Waals surface area contributed by atoms with Crippen LogP contribution in [0.3, 0.4) is 0 Å². The number of thioether (sulfide) groups is 1. The van der Waals surface area contributed by atoms with E-state index >= 15 is 0 Å². The third-order valence-corrected chi connectivity index (χ3v) is 4.32. The fourth-order valence-corrected chi connectivity index (χ4v) is 3.41. The zero-order chi connectivity index (χ0) is 15.1. The largest absolute Gasteiger partial charge is 0.433 e. The minimum Gasteiger partial charge on any atom is -0.323 e. The fraction of sp³-hybridized carbons (Fsp3) is 0.818. The lowest BCUT2D eigenvalue weighted by molar-refractivity contribution is 0.152. The number of carbonyl (C=O) groups is 1. The summed E-state index contributed by atoms with van der Waals surface area (Å²) < 4.78 is 22.0. The van der Waals surface area contributed by atoms with Crippen LogP contribution in [0, 0.1) is 5.41 Å². The number of hydrogen-bond donors (Lipinski definition) is 1. The highest BCUT2D eigenvalue weighted by molar-refractivity contribution is 8.01. The average Bonchev–Trinajstić information content (AvgIpc) is 2.24. The number of nitrogens with one attached hydrogen (secondary N) is 1. The smallest absolute Gasteiger partial charge is 0.323 e. The van der Waals surface area contributed by atoms with Crippen molar-refractivity contribution >= 4 is 33.4 Å². The molecule has 0 aromatic heterocycles. The maximum absolute atomic E-state index is 11.0. The molecule has 0 radical (unpaired) electrons. The van der Waals surface area contributed by atoms with Crippen LogP contribution in [0.4, 0.5) is 4.79 Å². The molecule has 8 heteroatoms. The highest BCUT2D eigenvalue weighted by Crippen LogP contribution is 2.20.